The minimum atomic E-state index is -0.802. The van der Waals surface area contributed by atoms with Gasteiger partial charge in [0.2, 0.25) is 5.91 Å². The van der Waals surface area contributed by atoms with Crippen LogP contribution in [0, 0.1) is 0 Å². The average molecular weight is 403 g/mol. The lowest BCUT2D eigenvalue weighted by atomic mass is 10.00. The van der Waals surface area contributed by atoms with Crippen molar-refractivity contribution in [2.45, 2.75) is 58.2 Å². The Labute approximate surface area is 169 Å². The Morgan fingerprint density at radius 3 is 2.61 bits per heavy atom. The van der Waals surface area contributed by atoms with Crippen molar-refractivity contribution in [2.75, 3.05) is 6.61 Å². The molecular weight excluding hydrogens is 376 g/mol. The van der Waals surface area contributed by atoms with Crippen LogP contribution in [-0.4, -0.2) is 44.5 Å². The third kappa shape index (κ3) is 4.67. The number of nitrogens with zero attached hydrogens (tertiary/aromatic N) is 3. The number of para-hydroxylation sites is 1. The van der Waals surface area contributed by atoms with Crippen LogP contribution in [0.2, 0.25) is 0 Å². The molecule has 1 N–H and O–H groups in total. The largest absolute Gasteiger partial charge is 0.494 e. The summed E-state index contributed by atoms with van der Waals surface area (Å²) in [6, 6.07) is 6.59. The molecule has 1 aromatic carbocycles. The van der Waals surface area contributed by atoms with Gasteiger partial charge in [-0.05, 0) is 58.1 Å². The van der Waals surface area contributed by atoms with E-state index in [9.17, 15) is 9.59 Å². The lowest BCUT2D eigenvalue weighted by Crippen LogP contribution is -2.50. The molecule has 0 spiro atoms. The Morgan fingerprint density at radius 2 is 2.04 bits per heavy atom. The van der Waals surface area contributed by atoms with Crippen molar-refractivity contribution in [1.29, 1.82) is 0 Å². The second-order valence-electron chi connectivity index (χ2n) is 7.85. The molecule has 1 aromatic heterocycles. The summed E-state index contributed by atoms with van der Waals surface area (Å²) in [4.78, 5) is 28.3. The van der Waals surface area contributed by atoms with Gasteiger partial charge in [-0.25, -0.2) is 0 Å². The first-order valence-corrected chi connectivity index (χ1v) is 10.3. The fourth-order valence-electron chi connectivity index (χ4n) is 3.09. The lowest BCUT2D eigenvalue weighted by Gasteiger charge is -2.34. The van der Waals surface area contributed by atoms with Gasteiger partial charge in [0.05, 0.1) is 6.61 Å². The van der Waals surface area contributed by atoms with Crippen molar-refractivity contribution in [2.24, 2.45) is 0 Å². The molecular formula is C20H26N4O3S. The molecule has 3 rings (SSSR count). The Bertz CT molecular complexity index is 828. The topological polar surface area (TPSA) is 84.4 Å². The smallest absolute Gasteiger partial charge is 0.276 e. The van der Waals surface area contributed by atoms with E-state index in [-0.39, 0.29) is 23.6 Å². The molecule has 28 heavy (non-hydrogen) atoms. The van der Waals surface area contributed by atoms with E-state index in [0.29, 0.717) is 17.9 Å². The van der Waals surface area contributed by atoms with Crippen molar-refractivity contribution in [3.63, 3.8) is 0 Å². The van der Waals surface area contributed by atoms with Crippen molar-refractivity contribution >= 4 is 23.3 Å². The van der Waals surface area contributed by atoms with Crippen LogP contribution >= 0.6 is 11.5 Å². The van der Waals surface area contributed by atoms with Gasteiger partial charge in [-0.2, -0.15) is 0 Å². The SMILES string of the molecule is CCOc1ccccc1[C@H](C(=O)NC(C)(C)C)N(C(=O)c1csnn1)C1CC1. The molecule has 1 heterocycles. The number of benzene rings is 1. The van der Waals surface area contributed by atoms with Gasteiger partial charge in [-0.1, -0.05) is 22.7 Å². The van der Waals surface area contributed by atoms with Gasteiger partial charge in [0.1, 0.15) is 11.8 Å². The summed E-state index contributed by atoms with van der Waals surface area (Å²) in [5.41, 5.74) is 0.505. The third-order valence-corrected chi connectivity index (χ3v) is 4.80. The van der Waals surface area contributed by atoms with Gasteiger partial charge in [0.25, 0.3) is 5.91 Å². The highest BCUT2D eigenvalue weighted by Gasteiger charge is 2.43. The predicted octanol–water partition coefficient (Wildman–Crippen LogP) is 3.20. The molecule has 1 aliphatic carbocycles. The molecule has 1 fully saturated rings. The van der Waals surface area contributed by atoms with Crippen LogP contribution in [0.25, 0.3) is 0 Å². The Hall–Kier alpha value is -2.48. The first-order chi connectivity index (χ1) is 13.3. The molecule has 1 atom stereocenters. The van der Waals surface area contributed by atoms with Gasteiger partial charge in [0, 0.05) is 22.5 Å². The van der Waals surface area contributed by atoms with E-state index in [0.717, 1.165) is 24.4 Å². The standard InChI is InChI=1S/C20H26N4O3S/c1-5-27-16-9-7-6-8-14(16)17(18(25)21-20(2,3)4)24(13-10-11-13)19(26)15-12-28-23-22-15/h6-9,12-13,17H,5,10-11H2,1-4H3,(H,21,25)/t17-/m1/s1. The molecule has 0 unspecified atom stereocenters. The number of hydrogen-bond donors (Lipinski definition) is 1. The van der Waals surface area contributed by atoms with Crippen molar-refractivity contribution in [3.05, 3.63) is 40.9 Å². The fourth-order valence-corrected chi connectivity index (χ4v) is 3.52. The Morgan fingerprint density at radius 1 is 1.32 bits per heavy atom. The fraction of sp³-hybridized carbons (Fsp3) is 0.500. The summed E-state index contributed by atoms with van der Waals surface area (Å²) >= 11 is 1.12. The first-order valence-electron chi connectivity index (χ1n) is 9.45. The second-order valence-corrected chi connectivity index (χ2v) is 8.46. The third-order valence-electron chi connectivity index (χ3n) is 4.29. The van der Waals surface area contributed by atoms with Gasteiger partial charge < -0.3 is 15.0 Å². The van der Waals surface area contributed by atoms with Gasteiger partial charge in [-0.15, -0.1) is 5.10 Å². The molecule has 0 aliphatic heterocycles. The van der Waals surface area contributed by atoms with E-state index in [1.165, 1.54) is 0 Å². The predicted molar refractivity (Wildman–Crippen MR) is 107 cm³/mol. The van der Waals surface area contributed by atoms with Gasteiger partial charge >= 0.3 is 0 Å². The minimum Gasteiger partial charge on any atom is -0.494 e. The quantitative estimate of drug-likeness (QED) is 0.769. The van der Waals surface area contributed by atoms with Gasteiger partial charge in [-0.3, -0.25) is 9.59 Å². The molecule has 0 bridgehead atoms. The zero-order valence-electron chi connectivity index (χ0n) is 16.6. The lowest BCUT2D eigenvalue weighted by molar-refractivity contribution is -0.127. The van der Waals surface area contributed by atoms with Crippen LogP contribution in [-0.2, 0) is 4.79 Å². The molecule has 0 saturated heterocycles. The van der Waals surface area contributed by atoms with E-state index in [4.69, 9.17) is 4.74 Å². The molecule has 2 amide bonds. The highest BCUT2D eigenvalue weighted by Crippen LogP contribution is 2.39. The summed E-state index contributed by atoms with van der Waals surface area (Å²) < 4.78 is 9.58. The van der Waals surface area contributed by atoms with Gasteiger partial charge in [0.15, 0.2) is 5.69 Å². The van der Waals surface area contributed by atoms with Crippen LogP contribution in [0.5, 0.6) is 5.75 Å². The van der Waals surface area contributed by atoms with Crippen molar-refractivity contribution < 1.29 is 14.3 Å². The number of amides is 2. The summed E-state index contributed by atoms with van der Waals surface area (Å²) in [7, 11) is 0. The number of rotatable bonds is 7. The molecule has 2 aromatic rings. The maximum atomic E-state index is 13.4. The van der Waals surface area contributed by atoms with E-state index < -0.39 is 11.6 Å². The van der Waals surface area contributed by atoms with Crippen LogP contribution in [0.4, 0.5) is 0 Å². The van der Waals surface area contributed by atoms with Crippen LogP contribution in [0.1, 0.15) is 62.6 Å². The zero-order chi connectivity index (χ0) is 20.3. The first kappa shape index (κ1) is 20.3. The number of carbonyl (C=O) groups excluding carboxylic acids is 2. The van der Waals surface area contributed by atoms with Crippen molar-refractivity contribution in [1.82, 2.24) is 19.8 Å². The Kier molecular flexibility index (Phi) is 5.98. The zero-order valence-corrected chi connectivity index (χ0v) is 17.5. The number of ether oxygens (including phenoxy) is 1. The van der Waals surface area contributed by atoms with E-state index in [1.807, 2.05) is 52.0 Å². The number of aromatic nitrogens is 2. The highest BCUT2D eigenvalue weighted by molar-refractivity contribution is 7.03. The highest BCUT2D eigenvalue weighted by atomic mass is 32.1. The number of carbonyl (C=O) groups is 2. The Balaban J connectivity index is 2.07. The summed E-state index contributed by atoms with van der Waals surface area (Å²) in [5, 5.41) is 8.57. The van der Waals surface area contributed by atoms with Crippen LogP contribution in [0.3, 0.4) is 0 Å². The van der Waals surface area contributed by atoms with E-state index in [1.54, 1.807) is 10.3 Å². The van der Waals surface area contributed by atoms with Crippen molar-refractivity contribution in [3.8, 4) is 5.75 Å². The maximum Gasteiger partial charge on any atom is 0.276 e. The molecule has 1 aliphatic rings. The number of hydrogen-bond acceptors (Lipinski definition) is 6. The molecule has 150 valence electrons. The second kappa shape index (κ2) is 8.26. The van der Waals surface area contributed by atoms with E-state index >= 15 is 0 Å². The molecule has 1 saturated carbocycles. The molecule has 0 radical (unpaired) electrons. The van der Waals surface area contributed by atoms with Crippen LogP contribution in [0.15, 0.2) is 29.6 Å². The molecule has 8 heteroatoms. The maximum absolute atomic E-state index is 13.4. The summed E-state index contributed by atoms with van der Waals surface area (Å²) in [6.45, 7) is 8.13. The average Bonchev–Trinajstić information content (AvgIpc) is 3.30. The summed E-state index contributed by atoms with van der Waals surface area (Å²) in [5.74, 6) is 0.0913. The number of nitrogens with one attached hydrogen (secondary N) is 1. The van der Waals surface area contributed by atoms with E-state index in [2.05, 4.69) is 14.9 Å². The monoisotopic (exact) mass is 402 g/mol. The minimum absolute atomic E-state index is 0.000369. The summed E-state index contributed by atoms with van der Waals surface area (Å²) in [6.07, 6.45) is 1.72. The molecule has 7 nitrogen and oxygen atoms in total. The normalized spacial score (nSPS) is 15.0. The van der Waals surface area contributed by atoms with Crippen LogP contribution < -0.4 is 10.1 Å².